The number of anilines is 1. The van der Waals surface area contributed by atoms with Gasteiger partial charge in [0.1, 0.15) is 12.3 Å². The molecule has 0 spiro atoms. The highest BCUT2D eigenvalue weighted by Crippen LogP contribution is 2.31. The number of pyridine rings is 2. The number of nitrogens with zero attached hydrogens (tertiary/aromatic N) is 5. The van der Waals surface area contributed by atoms with E-state index >= 15 is 0 Å². The third-order valence-corrected chi connectivity index (χ3v) is 4.24. The molecule has 25 heavy (non-hydrogen) atoms. The minimum Gasteiger partial charge on any atom is -0.474 e. The number of amides is 1. The lowest BCUT2D eigenvalue weighted by Crippen LogP contribution is -2.38. The van der Waals surface area contributed by atoms with Gasteiger partial charge in [0.25, 0.3) is 5.91 Å². The molecule has 0 bridgehead atoms. The van der Waals surface area contributed by atoms with Crippen LogP contribution >= 0.6 is 0 Å². The second kappa shape index (κ2) is 5.84. The smallest absolute Gasteiger partial charge is 0.260 e. The topological polar surface area (TPSA) is 73.1 Å². The van der Waals surface area contributed by atoms with Crippen molar-refractivity contribution >= 4 is 22.6 Å². The summed E-state index contributed by atoms with van der Waals surface area (Å²) in [5.74, 6) is 0.392. The molecule has 1 amide bonds. The van der Waals surface area contributed by atoms with E-state index in [1.54, 1.807) is 17.3 Å². The minimum absolute atomic E-state index is 0.109. The van der Waals surface area contributed by atoms with E-state index in [2.05, 4.69) is 15.1 Å². The third-order valence-electron chi connectivity index (χ3n) is 4.24. The van der Waals surface area contributed by atoms with Crippen LogP contribution in [0.4, 0.5) is 5.69 Å². The lowest BCUT2D eigenvalue weighted by Gasteiger charge is -2.28. The van der Waals surface area contributed by atoms with Crippen LogP contribution in [0.15, 0.2) is 30.6 Å². The van der Waals surface area contributed by atoms with Crippen LogP contribution in [0.5, 0.6) is 5.88 Å². The van der Waals surface area contributed by atoms with E-state index < -0.39 is 0 Å². The monoisotopic (exact) mass is 337 g/mol. The first-order valence-corrected chi connectivity index (χ1v) is 8.30. The number of hydrogen-bond acceptors (Lipinski definition) is 5. The molecule has 0 aliphatic carbocycles. The Balaban J connectivity index is 1.71. The molecule has 128 valence electrons. The highest BCUT2D eigenvalue weighted by atomic mass is 16.5. The fourth-order valence-electron chi connectivity index (χ4n) is 2.99. The Hall–Kier alpha value is -2.96. The Kier molecular flexibility index (Phi) is 3.63. The molecule has 0 saturated heterocycles. The molecule has 7 nitrogen and oxygen atoms in total. The van der Waals surface area contributed by atoms with Gasteiger partial charge in [-0.15, -0.1) is 0 Å². The molecule has 3 aromatic heterocycles. The van der Waals surface area contributed by atoms with Crippen LogP contribution in [0.2, 0.25) is 0 Å². The van der Waals surface area contributed by atoms with Gasteiger partial charge in [-0.25, -0.2) is 14.6 Å². The second-order valence-corrected chi connectivity index (χ2v) is 6.40. The number of aromatic nitrogens is 4. The van der Waals surface area contributed by atoms with Crippen LogP contribution in [0.1, 0.15) is 35.9 Å². The van der Waals surface area contributed by atoms with Gasteiger partial charge in [-0.2, -0.15) is 5.10 Å². The Bertz CT molecular complexity index is 963. The van der Waals surface area contributed by atoms with Crippen molar-refractivity contribution in [2.45, 2.75) is 26.8 Å². The summed E-state index contributed by atoms with van der Waals surface area (Å²) in [4.78, 5) is 23.5. The Morgan fingerprint density at radius 3 is 2.92 bits per heavy atom. The first-order chi connectivity index (χ1) is 12.0. The van der Waals surface area contributed by atoms with Crippen LogP contribution in [-0.4, -0.2) is 38.8 Å². The molecule has 0 atom stereocenters. The predicted octanol–water partition coefficient (Wildman–Crippen LogP) is 2.75. The van der Waals surface area contributed by atoms with E-state index in [9.17, 15) is 4.79 Å². The van der Waals surface area contributed by atoms with Gasteiger partial charge in [-0.05, 0) is 39.0 Å². The van der Waals surface area contributed by atoms with Gasteiger partial charge >= 0.3 is 0 Å². The van der Waals surface area contributed by atoms with E-state index in [1.165, 1.54) is 0 Å². The van der Waals surface area contributed by atoms with Crippen molar-refractivity contribution in [2.24, 2.45) is 0 Å². The predicted molar refractivity (Wildman–Crippen MR) is 94.1 cm³/mol. The summed E-state index contributed by atoms with van der Waals surface area (Å²) in [6.45, 7) is 6.91. The van der Waals surface area contributed by atoms with Crippen LogP contribution < -0.4 is 9.64 Å². The molecule has 0 N–H and O–H groups in total. The number of fused-ring (bicyclic) bond motifs is 2. The number of hydrogen-bond donors (Lipinski definition) is 0. The van der Waals surface area contributed by atoms with Gasteiger partial charge in [0.2, 0.25) is 5.88 Å². The number of carbonyl (C=O) groups is 1. The van der Waals surface area contributed by atoms with Crippen LogP contribution in [0, 0.1) is 6.92 Å². The first-order valence-electron chi connectivity index (χ1n) is 8.30. The summed E-state index contributed by atoms with van der Waals surface area (Å²) >= 11 is 0. The lowest BCUT2D eigenvalue weighted by molar-refractivity contribution is 0.0975. The quantitative estimate of drug-likeness (QED) is 0.719. The van der Waals surface area contributed by atoms with Crippen molar-refractivity contribution in [3.05, 3.63) is 41.9 Å². The number of aryl methyl sites for hydroxylation is 1. The molecule has 0 radical (unpaired) electrons. The SMILES string of the molecule is Cc1ccc2c(n1)OCCN2C(=O)c1cnc2c(cnn2C(C)C)c1. The highest BCUT2D eigenvalue weighted by molar-refractivity contribution is 6.08. The standard InChI is InChI=1S/C18H19N5O2/c1-11(2)23-16-13(10-20-23)8-14(9-19-16)18(24)22-6-7-25-17-15(22)5-4-12(3)21-17/h4-5,8-11H,6-7H2,1-3H3. The van der Waals surface area contributed by atoms with Crippen LogP contribution in [0.25, 0.3) is 11.0 Å². The lowest BCUT2D eigenvalue weighted by atomic mass is 10.2. The fourth-order valence-corrected chi connectivity index (χ4v) is 2.99. The van der Waals surface area contributed by atoms with Crippen molar-refractivity contribution in [1.29, 1.82) is 0 Å². The number of rotatable bonds is 2. The molecule has 3 aromatic rings. The molecule has 0 saturated carbocycles. The average Bonchev–Trinajstić information content (AvgIpc) is 3.03. The molecule has 1 aliphatic rings. The molecule has 7 heteroatoms. The van der Waals surface area contributed by atoms with Gasteiger partial charge in [-0.1, -0.05) is 0 Å². The zero-order chi connectivity index (χ0) is 17.6. The maximum atomic E-state index is 13.0. The molecule has 0 aromatic carbocycles. The Labute approximate surface area is 145 Å². The summed E-state index contributed by atoms with van der Waals surface area (Å²) in [6, 6.07) is 5.80. The maximum Gasteiger partial charge on any atom is 0.260 e. The summed E-state index contributed by atoms with van der Waals surface area (Å²) in [5.41, 5.74) is 2.87. The van der Waals surface area contributed by atoms with Crippen molar-refractivity contribution in [3.63, 3.8) is 0 Å². The molecular formula is C18H19N5O2. The fraction of sp³-hybridized carbons (Fsp3) is 0.333. The second-order valence-electron chi connectivity index (χ2n) is 6.40. The van der Waals surface area contributed by atoms with E-state index in [0.29, 0.717) is 30.3 Å². The Morgan fingerprint density at radius 2 is 2.12 bits per heavy atom. The van der Waals surface area contributed by atoms with Gasteiger partial charge < -0.3 is 9.64 Å². The molecule has 4 rings (SSSR count). The van der Waals surface area contributed by atoms with Gasteiger partial charge in [0.15, 0.2) is 5.65 Å². The molecule has 0 unspecified atom stereocenters. The first kappa shape index (κ1) is 15.6. The molecule has 4 heterocycles. The normalized spacial score (nSPS) is 13.8. The zero-order valence-corrected chi connectivity index (χ0v) is 14.4. The molecular weight excluding hydrogens is 318 g/mol. The largest absolute Gasteiger partial charge is 0.474 e. The van der Waals surface area contributed by atoms with Crippen LogP contribution in [-0.2, 0) is 0 Å². The van der Waals surface area contributed by atoms with Gasteiger partial charge in [0.05, 0.1) is 18.3 Å². The van der Waals surface area contributed by atoms with Crippen molar-refractivity contribution in [3.8, 4) is 5.88 Å². The minimum atomic E-state index is -0.109. The van der Waals surface area contributed by atoms with Gasteiger partial charge in [0, 0.05) is 23.3 Å². The van der Waals surface area contributed by atoms with E-state index in [1.807, 2.05) is 43.7 Å². The maximum absolute atomic E-state index is 13.0. The summed E-state index contributed by atoms with van der Waals surface area (Å²) in [6.07, 6.45) is 3.36. The Morgan fingerprint density at radius 1 is 1.28 bits per heavy atom. The van der Waals surface area contributed by atoms with Crippen molar-refractivity contribution in [1.82, 2.24) is 19.7 Å². The third kappa shape index (κ3) is 2.61. The highest BCUT2D eigenvalue weighted by Gasteiger charge is 2.26. The van der Waals surface area contributed by atoms with Crippen LogP contribution in [0.3, 0.4) is 0 Å². The summed E-state index contributed by atoms with van der Waals surface area (Å²) < 4.78 is 7.43. The van der Waals surface area contributed by atoms with E-state index in [-0.39, 0.29) is 11.9 Å². The number of ether oxygens (including phenoxy) is 1. The van der Waals surface area contributed by atoms with Crippen molar-refractivity contribution < 1.29 is 9.53 Å². The van der Waals surface area contributed by atoms with E-state index in [0.717, 1.165) is 16.7 Å². The summed E-state index contributed by atoms with van der Waals surface area (Å²) in [5, 5.41) is 5.21. The zero-order valence-electron chi connectivity index (χ0n) is 14.4. The summed E-state index contributed by atoms with van der Waals surface area (Å²) in [7, 11) is 0. The van der Waals surface area contributed by atoms with Crippen molar-refractivity contribution in [2.75, 3.05) is 18.1 Å². The molecule has 1 aliphatic heterocycles. The molecule has 0 fully saturated rings. The van der Waals surface area contributed by atoms with Gasteiger partial charge in [-0.3, -0.25) is 4.79 Å². The number of carbonyl (C=O) groups excluding carboxylic acids is 1. The average molecular weight is 337 g/mol. The van der Waals surface area contributed by atoms with E-state index in [4.69, 9.17) is 4.74 Å².